The third kappa shape index (κ3) is 4.62. The molecule has 29 heavy (non-hydrogen) atoms. The van der Waals surface area contributed by atoms with E-state index in [-0.39, 0.29) is 18.6 Å². The summed E-state index contributed by atoms with van der Waals surface area (Å²) < 4.78 is 0. The first-order valence-corrected chi connectivity index (χ1v) is 10.5. The van der Waals surface area contributed by atoms with E-state index in [1.165, 1.54) is 0 Å². The predicted molar refractivity (Wildman–Crippen MR) is 113 cm³/mol. The van der Waals surface area contributed by atoms with Gasteiger partial charge in [0.2, 0.25) is 5.91 Å². The van der Waals surface area contributed by atoms with Gasteiger partial charge < -0.3 is 19.8 Å². The molecule has 1 aromatic carbocycles. The Labute approximate surface area is 175 Å². The molecule has 154 valence electrons. The van der Waals surface area contributed by atoms with Gasteiger partial charge in [-0.3, -0.25) is 4.79 Å². The second-order valence-corrected chi connectivity index (χ2v) is 8.02. The third-order valence-corrected chi connectivity index (χ3v) is 5.96. The van der Waals surface area contributed by atoms with Gasteiger partial charge in [-0.25, -0.2) is 9.97 Å². The Morgan fingerprint density at radius 2 is 1.90 bits per heavy atom. The summed E-state index contributed by atoms with van der Waals surface area (Å²) in [5.41, 5.74) is 0.939. The average Bonchev–Trinajstić information content (AvgIpc) is 3.23. The average molecular weight is 416 g/mol. The number of anilines is 2. The van der Waals surface area contributed by atoms with Gasteiger partial charge in [-0.2, -0.15) is 0 Å². The topological polar surface area (TPSA) is 72.8 Å². The molecule has 7 nitrogen and oxygen atoms in total. The molecule has 2 aliphatic heterocycles. The second kappa shape index (κ2) is 8.97. The normalized spacial score (nSPS) is 19.7. The summed E-state index contributed by atoms with van der Waals surface area (Å²) in [7, 11) is 0. The first kappa shape index (κ1) is 19.9. The molecule has 2 aromatic rings. The van der Waals surface area contributed by atoms with Gasteiger partial charge in [-0.15, -0.1) is 0 Å². The molecule has 0 radical (unpaired) electrons. The standard InChI is InChI=1S/C21H26ClN5O2/c22-17-4-1-3-16(11-17)12-21(29)26-9-7-25(8-10-26)19-13-20(24-15-23-19)27-6-2-5-18(27)14-28/h1,3-4,11,13,15,18,28H,2,5-10,12,14H2. The van der Waals surface area contributed by atoms with E-state index in [4.69, 9.17) is 11.6 Å². The first-order chi connectivity index (χ1) is 14.1. The molecular weight excluding hydrogens is 390 g/mol. The van der Waals surface area contributed by atoms with Crippen LogP contribution in [-0.4, -0.2) is 71.3 Å². The summed E-state index contributed by atoms with van der Waals surface area (Å²) in [5, 5.41) is 10.2. The quantitative estimate of drug-likeness (QED) is 0.805. The van der Waals surface area contributed by atoms with E-state index in [1.54, 1.807) is 6.33 Å². The number of aliphatic hydroxyl groups excluding tert-OH is 1. The van der Waals surface area contributed by atoms with Crippen LogP contribution in [0.3, 0.4) is 0 Å². The summed E-state index contributed by atoms with van der Waals surface area (Å²) in [6.45, 7) is 3.87. The number of carbonyl (C=O) groups excluding carboxylic acids is 1. The summed E-state index contributed by atoms with van der Waals surface area (Å²) in [6.07, 6.45) is 4.02. The lowest BCUT2D eigenvalue weighted by molar-refractivity contribution is -0.130. The van der Waals surface area contributed by atoms with Gasteiger partial charge in [-0.1, -0.05) is 23.7 Å². The van der Waals surface area contributed by atoms with Crippen molar-refractivity contribution in [1.29, 1.82) is 0 Å². The lowest BCUT2D eigenvalue weighted by Gasteiger charge is -2.36. The Balaban J connectivity index is 1.36. The molecule has 2 fully saturated rings. The maximum atomic E-state index is 12.6. The summed E-state index contributed by atoms with van der Waals surface area (Å²) >= 11 is 6.02. The van der Waals surface area contributed by atoms with Crippen LogP contribution in [0.4, 0.5) is 11.6 Å². The zero-order valence-corrected chi connectivity index (χ0v) is 17.1. The van der Waals surface area contributed by atoms with Gasteiger partial charge in [0.05, 0.1) is 19.1 Å². The van der Waals surface area contributed by atoms with Crippen LogP contribution in [0.25, 0.3) is 0 Å². The summed E-state index contributed by atoms with van der Waals surface area (Å²) in [4.78, 5) is 27.7. The maximum absolute atomic E-state index is 12.6. The van der Waals surface area contributed by atoms with Crippen molar-refractivity contribution in [3.63, 3.8) is 0 Å². The minimum Gasteiger partial charge on any atom is -0.394 e. The number of hydrogen-bond acceptors (Lipinski definition) is 6. The minimum absolute atomic E-state index is 0.123. The van der Waals surface area contributed by atoms with Gasteiger partial charge in [0.25, 0.3) is 0 Å². The molecule has 1 amide bonds. The zero-order chi connectivity index (χ0) is 20.2. The van der Waals surface area contributed by atoms with E-state index in [0.29, 0.717) is 24.5 Å². The minimum atomic E-state index is 0.123. The number of aliphatic hydroxyl groups is 1. The van der Waals surface area contributed by atoms with Crippen molar-refractivity contribution in [2.75, 3.05) is 49.1 Å². The van der Waals surface area contributed by atoms with Gasteiger partial charge in [-0.05, 0) is 30.5 Å². The Kier molecular flexibility index (Phi) is 6.16. The fourth-order valence-corrected chi connectivity index (χ4v) is 4.33. The lowest BCUT2D eigenvalue weighted by atomic mass is 10.1. The van der Waals surface area contributed by atoms with E-state index in [0.717, 1.165) is 49.7 Å². The Bertz CT molecular complexity index is 856. The fraction of sp³-hybridized carbons (Fsp3) is 0.476. The monoisotopic (exact) mass is 415 g/mol. The highest BCUT2D eigenvalue weighted by atomic mass is 35.5. The second-order valence-electron chi connectivity index (χ2n) is 7.58. The summed E-state index contributed by atoms with van der Waals surface area (Å²) in [6, 6.07) is 9.60. The highest BCUT2D eigenvalue weighted by Crippen LogP contribution is 2.26. The number of halogens is 1. The van der Waals surface area contributed by atoms with E-state index >= 15 is 0 Å². The third-order valence-electron chi connectivity index (χ3n) is 5.72. The van der Waals surface area contributed by atoms with Crippen LogP contribution in [-0.2, 0) is 11.2 Å². The predicted octanol–water partition coefficient (Wildman–Crippen LogP) is 1.98. The molecule has 0 bridgehead atoms. The van der Waals surface area contributed by atoms with Crippen molar-refractivity contribution in [3.8, 4) is 0 Å². The van der Waals surface area contributed by atoms with Crippen LogP contribution in [0, 0.1) is 0 Å². The van der Waals surface area contributed by atoms with Crippen LogP contribution < -0.4 is 9.80 Å². The lowest BCUT2D eigenvalue weighted by Crippen LogP contribution is -2.49. The molecule has 1 atom stereocenters. The van der Waals surface area contributed by atoms with Gasteiger partial charge in [0.15, 0.2) is 0 Å². The highest BCUT2D eigenvalue weighted by Gasteiger charge is 2.27. The molecule has 8 heteroatoms. The number of benzene rings is 1. The van der Waals surface area contributed by atoms with Gasteiger partial charge in [0, 0.05) is 43.8 Å². The maximum Gasteiger partial charge on any atom is 0.227 e. The van der Waals surface area contributed by atoms with Gasteiger partial charge in [0.1, 0.15) is 18.0 Å². The molecule has 1 N–H and O–H groups in total. The molecule has 2 saturated heterocycles. The zero-order valence-electron chi connectivity index (χ0n) is 16.4. The van der Waals surface area contributed by atoms with Crippen LogP contribution in [0.5, 0.6) is 0 Å². The van der Waals surface area contributed by atoms with Crippen molar-refractivity contribution in [2.24, 2.45) is 0 Å². The van der Waals surface area contributed by atoms with E-state index in [2.05, 4.69) is 19.8 Å². The SMILES string of the molecule is O=C(Cc1cccc(Cl)c1)N1CCN(c2cc(N3CCCC3CO)ncn2)CC1. The molecule has 4 rings (SSSR count). The molecule has 2 aliphatic rings. The number of nitrogens with zero attached hydrogens (tertiary/aromatic N) is 5. The number of amides is 1. The summed E-state index contributed by atoms with van der Waals surface area (Å²) in [5.74, 6) is 1.87. The molecule has 3 heterocycles. The molecule has 0 aliphatic carbocycles. The van der Waals surface area contributed by atoms with Crippen LogP contribution in [0.1, 0.15) is 18.4 Å². The van der Waals surface area contributed by atoms with Crippen molar-refractivity contribution >= 4 is 29.1 Å². The van der Waals surface area contributed by atoms with Crippen molar-refractivity contribution in [3.05, 3.63) is 47.2 Å². The van der Waals surface area contributed by atoms with Crippen LogP contribution in [0.15, 0.2) is 36.7 Å². The molecular formula is C21H26ClN5O2. The fourth-order valence-electron chi connectivity index (χ4n) is 4.11. The largest absolute Gasteiger partial charge is 0.394 e. The van der Waals surface area contributed by atoms with Crippen molar-refractivity contribution in [2.45, 2.75) is 25.3 Å². The van der Waals surface area contributed by atoms with Gasteiger partial charge >= 0.3 is 0 Å². The van der Waals surface area contributed by atoms with E-state index < -0.39 is 0 Å². The first-order valence-electron chi connectivity index (χ1n) is 10.1. The number of rotatable bonds is 5. The number of piperazine rings is 1. The molecule has 0 saturated carbocycles. The Morgan fingerprint density at radius 1 is 1.10 bits per heavy atom. The Hall–Kier alpha value is -2.38. The van der Waals surface area contributed by atoms with E-state index in [9.17, 15) is 9.90 Å². The highest BCUT2D eigenvalue weighted by molar-refractivity contribution is 6.30. The number of hydrogen-bond donors (Lipinski definition) is 1. The van der Waals surface area contributed by atoms with Crippen LogP contribution >= 0.6 is 11.6 Å². The molecule has 1 unspecified atom stereocenters. The smallest absolute Gasteiger partial charge is 0.227 e. The Morgan fingerprint density at radius 3 is 2.66 bits per heavy atom. The molecule has 1 aromatic heterocycles. The van der Waals surface area contributed by atoms with Crippen molar-refractivity contribution < 1.29 is 9.90 Å². The van der Waals surface area contributed by atoms with E-state index in [1.807, 2.05) is 35.2 Å². The van der Waals surface area contributed by atoms with Crippen molar-refractivity contribution in [1.82, 2.24) is 14.9 Å². The van der Waals surface area contributed by atoms with Crippen LogP contribution in [0.2, 0.25) is 5.02 Å². The number of aromatic nitrogens is 2. The molecule has 0 spiro atoms. The number of carbonyl (C=O) groups is 1.